The third kappa shape index (κ3) is 4.72. The van der Waals surface area contributed by atoms with Gasteiger partial charge < -0.3 is 10.1 Å². The average molecular weight is 310 g/mol. The minimum absolute atomic E-state index is 0.328. The van der Waals surface area contributed by atoms with Gasteiger partial charge in [-0.15, -0.1) is 0 Å². The van der Waals surface area contributed by atoms with Crippen molar-refractivity contribution in [3.63, 3.8) is 0 Å². The van der Waals surface area contributed by atoms with E-state index in [1.807, 2.05) is 25.1 Å². The van der Waals surface area contributed by atoms with E-state index < -0.39 is 0 Å². The summed E-state index contributed by atoms with van der Waals surface area (Å²) in [5.41, 5.74) is 2.46. The Morgan fingerprint density at radius 2 is 2.14 bits per heavy atom. The van der Waals surface area contributed by atoms with Crippen molar-refractivity contribution in [2.45, 2.75) is 33.9 Å². The zero-order valence-electron chi connectivity index (χ0n) is 12.5. The van der Waals surface area contributed by atoms with Gasteiger partial charge in [-0.3, -0.25) is 0 Å². The number of aromatic nitrogens is 2. The quantitative estimate of drug-likeness (QED) is 0.850. The van der Waals surface area contributed by atoms with E-state index in [1.54, 1.807) is 0 Å². The second-order valence-corrected chi connectivity index (χ2v) is 5.80. The van der Waals surface area contributed by atoms with Crippen LogP contribution in [0.1, 0.15) is 30.8 Å². The summed E-state index contributed by atoms with van der Waals surface area (Å²) in [6, 6.07) is 5.60. The van der Waals surface area contributed by atoms with Crippen LogP contribution in [0.4, 0.5) is 0 Å². The predicted molar refractivity (Wildman–Crippen MR) is 81.4 cm³/mol. The molecule has 2 aromatic rings. The first-order valence-electron chi connectivity index (χ1n) is 6.96. The molecule has 21 heavy (non-hydrogen) atoms. The lowest BCUT2D eigenvalue weighted by Gasteiger charge is -2.13. The van der Waals surface area contributed by atoms with Crippen LogP contribution in [0.15, 0.2) is 22.8 Å². The molecule has 0 aliphatic rings. The van der Waals surface area contributed by atoms with Gasteiger partial charge in [0.15, 0.2) is 0 Å². The Bertz CT molecular complexity index is 584. The third-order valence-electron chi connectivity index (χ3n) is 3.00. The van der Waals surface area contributed by atoms with Crippen molar-refractivity contribution in [1.29, 1.82) is 0 Å². The van der Waals surface area contributed by atoms with Gasteiger partial charge in [0.2, 0.25) is 0 Å². The highest BCUT2D eigenvalue weighted by Crippen LogP contribution is 2.24. The van der Waals surface area contributed by atoms with Crippen LogP contribution in [0.5, 0.6) is 5.75 Å². The molecular weight excluding hydrogens is 290 g/mol. The Labute approximate surface area is 129 Å². The summed E-state index contributed by atoms with van der Waals surface area (Å²) in [6.45, 7) is 8.16. The molecule has 0 radical (unpaired) electrons. The molecule has 0 amide bonds. The second-order valence-electron chi connectivity index (χ2n) is 5.36. The number of benzene rings is 1. The number of aryl methyl sites for hydroxylation is 1. The van der Waals surface area contributed by atoms with Crippen LogP contribution in [0.25, 0.3) is 0 Å². The van der Waals surface area contributed by atoms with E-state index in [-0.39, 0.29) is 0 Å². The first-order valence-corrected chi connectivity index (χ1v) is 7.34. The van der Waals surface area contributed by atoms with Crippen LogP contribution >= 0.6 is 11.6 Å². The first kappa shape index (κ1) is 15.8. The summed E-state index contributed by atoms with van der Waals surface area (Å²) in [6.07, 6.45) is 0. The summed E-state index contributed by atoms with van der Waals surface area (Å²) in [5.74, 6) is 1.38. The fourth-order valence-corrected chi connectivity index (χ4v) is 2.04. The highest BCUT2D eigenvalue weighted by Gasteiger charge is 2.09. The molecule has 0 fully saturated rings. The smallest absolute Gasteiger partial charge is 0.145 e. The molecule has 0 atom stereocenters. The molecule has 6 heteroatoms. The molecule has 0 unspecified atom stereocenters. The summed E-state index contributed by atoms with van der Waals surface area (Å²) in [7, 11) is 0. The van der Waals surface area contributed by atoms with Gasteiger partial charge in [0.1, 0.15) is 23.7 Å². The van der Waals surface area contributed by atoms with Gasteiger partial charge in [-0.25, -0.2) is 4.63 Å². The van der Waals surface area contributed by atoms with E-state index in [0.29, 0.717) is 29.8 Å². The predicted octanol–water partition coefficient (Wildman–Crippen LogP) is 3.36. The minimum Gasteiger partial charge on any atom is -0.487 e. The molecule has 0 aliphatic heterocycles. The highest BCUT2D eigenvalue weighted by atomic mass is 35.5. The Hall–Kier alpha value is -1.59. The van der Waals surface area contributed by atoms with Gasteiger partial charge in [0.25, 0.3) is 0 Å². The van der Waals surface area contributed by atoms with Gasteiger partial charge in [-0.05, 0) is 37.6 Å². The molecule has 0 saturated carbocycles. The van der Waals surface area contributed by atoms with Crippen molar-refractivity contribution >= 4 is 11.6 Å². The van der Waals surface area contributed by atoms with Crippen molar-refractivity contribution < 1.29 is 9.37 Å². The van der Waals surface area contributed by atoms with Gasteiger partial charge >= 0.3 is 0 Å². The number of nitrogens with one attached hydrogen (secondary N) is 1. The number of hydrogen-bond acceptors (Lipinski definition) is 5. The van der Waals surface area contributed by atoms with E-state index >= 15 is 0 Å². The topological polar surface area (TPSA) is 60.2 Å². The molecule has 0 aliphatic carbocycles. The fourth-order valence-electron chi connectivity index (χ4n) is 1.85. The van der Waals surface area contributed by atoms with Crippen molar-refractivity contribution in [3.8, 4) is 5.75 Å². The zero-order valence-corrected chi connectivity index (χ0v) is 13.3. The second kappa shape index (κ2) is 7.43. The van der Waals surface area contributed by atoms with Gasteiger partial charge in [0.05, 0.1) is 0 Å². The van der Waals surface area contributed by atoms with Crippen molar-refractivity contribution in [2.24, 2.45) is 5.92 Å². The van der Waals surface area contributed by atoms with E-state index in [4.69, 9.17) is 16.3 Å². The maximum atomic E-state index is 6.06. The normalized spacial score (nSPS) is 11.1. The van der Waals surface area contributed by atoms with Gasteiger partial charge in [-0.2, -0.15) is 0 Å². The van der Waals surface area contributed by atoms with Gasteiger partial charge in [0, 0.05) is 17.1 Å². The van der Waals surface area contributed by atoms with E-state index in [9.17, 15) is 0 Å². The molecule has 2 rings (SSSR count). The van der Waals surface area contributed by atoms with Crippen LogP contribution in [-0.2, 0) is 13.2 Å². The Kier molecular flexibility index (Phi) is 5.59. The van der Waals surface area contributed by atoms with Crippen LogP contribution in [0.3, 0.4) is 0 Å². The molecule has 1 aromatic carbocycles. The lowest BCUT2D eigenvalue weighted by Crippen LogP contribution is -2.19. The van der Waals surface area contributed by atoms with E-state index in [2.05, 4.69) is 34.1 Å². The van der Waals surface area contributed by atoms with E-state index in [1.165, 1.54) is 0 Å². The molecule has 1 N–H and O–H groups in total. The Morgan fingerprint density at radius 1 is 1.33 bits per heavy atom. The molecule has 1 aromatic heterocycles. The SMILES string of the molecule is Cc1nonc1COc1ccc(Cl)cc1CNCC(C)C. The largest absolute Gasteiger partial charge is 0.487 e. The number of ether oxygens (including phenoxy) is 1. The zero-order chi connectivity index (χ0) is 15.2. The minimum atomic E-state index is 0.328. The van der Waals surface area contributed by atoms with Crippen molar-refractivity contribution in [3.05, 3.63) is 40.2 Å². The number of halogens is 1. The summed E-state index contributed by atoms with van der Waals surface area (Å²) < 4.78 is 10.5. The molecule has 1 heterocycles. The first-order chi connectivity index (χ1) is 10.1. The molecule has 114 valence electrons. The van der Waals surface area contributed by atoms with Crippen LogP contribution < -0.4 is 10.1 Å². The maximum absolute atomic E-state index is 6.06. The number of nitrogens with zero attached hydrogens (tertiary/aromatic N) is 2. The Morgan fingerprint density at radius 3 is 2.81 bits per heavy atom. The average Bonchev–Trinajstić information content (AvgIpc) is 2.83. The maximum Gasteiger partial charge on any atom is 0.145 e. The lowest BCUT2D eigenvalue weighted by atomic mass is 10.1. The van der Waals surface area contributed by atoms with Crippen LogP contribution in [0, 0.1) is 12.8 Å². The molecule has 0 saturated heterocycles. The lowest BCUT2D eigenvalue weighted by molar-refractivity contribution is 0.268. The Balaban J connectivity index is 2.02. The fraction of sp³-hybridized carbons (Fsp3) is 0.467. The summed E-state index contributed by atoms with van der Waals surface area (Å²) in [4.78, 5) is 0. The monoisotopic (exact) mass is 309 g/mol. The molecular formula is C15H20ClN3O2. The summed E-state index contributed by atoms with van der Waals surface area (Å²) in [5, 5.41) is 11.6. The molecule has 5 nitrogen and oxygen atoms in total. The van der Waals surface area contributed by atoms with Crippen molar-refractivity contribution in [2.75, 3.05) is 6.54 Å². The van der Waals surface area contributed by atoms with E-state index in [0.717, 1.165) is 23.6 Å². The van der Waals surface area contributed by atoms with Crippen LogP contribution in [0.2, 0.25) is 5.02 Å². The third-order valence-corrected chi connectivity index (χ3v) is 3.24. The molecule has 0 spiro atoms. The molecule has 0 bridgehead atoms. The summed E-state index contributed by atoms with van der Waals surface area (Å²) >= 11 is 6.06. The van der Waals surface area contributed by atoms with Crippen molar-refractivity contribution in [1.82, 2.24) is 15.6 Å². The number of hydrogen-bond donors (Lipinski definition) is 1. The van der Waals surface area contributed by atoms with Gasteiger partial charge in [-0.1, -0.05) is 35.8 Å². The standard InChI is InChI=1S/C15H20ClN3O2/c1-10(2)7-17-8-12-6-13(16)4-5-15(12)20-9-14-11(3)18-21-19-14/h4-6,10,17H,7-9H2,1-3H3. The highest BCUT2D eigenvalue weighted by molar-refractivity contribution is 6.30. The number of rotatable bonds is 7. The van der Waals surface area contributed by atoms with Crippen LogP contribution in [-0.4, -0.2) is 16.9 Å².